The highest BCUT2D eigenvalue weighted by molar-refractivity contribution is 7.89. The number of hydrogen-bond donors (Lipinski definition) is 1. The summed E-state index contributed by atoms with van der Waals surface area (Å²) in [7, 11) is -2.03. The van der Waals surface area contributed by atoms with Crippen molar-refractivity contribution in [3.05, 3.63) is 24.3 Å². The Balaban J connectivity index is 1.91. The van der Waals surface area contributed by atoms with Gasteiger partial charge in [0.15, 0.2) is 0 Å². The van der Waals surface area contributed by atoms with Crippen LogP contribution in [0.3, 0.4) is 0 Å². The summed E-state index contributed by atoms with van der Waals surface area (Å²) >= 11 is 0. The maximum Gasteiger partial charge on any atom is 0.244 e. The summed E-state index contributed by atoms with van der Waals surface area (Å²) < 4.78 is 32.7. The van der Waals surface area contributed by atoms with Crippen molar-refractivity contribution in [2.75, 3.05) is 33.3 Å². The van der Waals surface area contributed by atoms with Crippen LogP contribution in [-0.4, -0.2) is 46.6 Å². The second-order valence-corrected chi connectivity index (χ2v) is 7.52. The Morgan fingerprint density at radius 3 is 2.59 bits per heavy atom. The molecule has 0 amide bonds. The number of ether oxygens (including phenoxy) is 1. The minimum atomic E-state index is -3.51. The quantitative estimate of drug-likeness (QED) is 0.833. The number of methoxy groups -OCH3 is 1. The minimum absolute atomic E-state index is 0.209. The Hall–Kier alpha value is -1.11. The predicted octanol–water partition coefficient (Wildman–Crippen LogP) is 2.10. The second kappa shape index (κ2) is 7.94. The smallest absolute Gasteiger partial charge is 0.244 e. The van der Waals surface area contributed by atoms with Crippen LogP contribution in [0, 0.1) is 5.92 Å². The number of hydrogen-bond acceptors (Lipinski definition) is 4. The van der Waals surface area contributed by atoms with Crippen molar-refractivity contribution in [3.8, 4) is 5.75 Å². The van der Waals surface area contributed by atoms with Crippen molar-refractivity contribution in [1.82, 2.24) is 9.62 Å². The zero-order valence-electron chi connectivity index (χ0n) is 13.4. The lowest BCUT2D eigenvalue weighted by Crippen LogP contribution is -2.38. The van der Waals surface area contributed by atoms with Gasteiger partial charge in [-0.25, -0.2) is 13.1 Å². The van der Waals surface area contributed by atoms with E-state index in [2.05, 4.69) is 16.5 Å². The van der Waals surface area contributed by atoms with E-state index in [9.17, 15) is 8.42 Å². The lowest BCUT2D eigenvalue weighted by Gasteiger charge is -2.31. The van der Waals surface area contributed by atoms with E-state index in [1.54, 1.807) is 24.3 Å². The van der Waals surface area contributed by atoms with Crippen LogP contribution in [0.5, 0.6) is 5.75 Å². The molecule has 0 aliphatic carbocycles. The van der Waals surface area contributed by atoms with Crippen molar-refractivity contribution in [3.63, 3.8) is 0 Å². The van der Waals surface area contributed by atoms with Crippen LogP contribution >= 0.6 is 0 Å². The van der Waals surface area contributed by atoms with E-state index in [-0.39, 0.29) is 4.90 Å². The monoisotopic (exact) mass is 326 g/mol. The molecule has 0 radical (unpaired) electrons. The molecule has 1 heterocycles. The lowest BCUT2D eigenvalue weighted by molar-refractivity contribution is 0.186. The predicted molar refractivity (Wildman–Crippen MR) is 87.6 cm³/mol. The van der Waals surface area contributed by atoms with E-state index in [4.69, 9.17) is 4.74 Å². The fourth-order valence-electron chi connectivity index (χ4n) is 2.88. The van der Waals surface area contributed by atoms with Gasteiger partial charge in [-0.2, -0.15) is 0 Å². The Labute approximate surface area is 133 Å². The number of nitrogens with one attached hydrogen (secondary N) is 1. The fraction of sp³-hybridized carbons (Fsp3) is 0.625. The van der Waals surface area contributed by atoms with Gasteiger partial charge in [0.1, 0.15) is 10.6 Å². The van der Waals surface area contributed by atoms with E-state index in [1.807, 2.05) is 0 Å². The van der Waals surface area contributed by atoms with E-state index in [0.717, 1.165) is 32.5 Å². The van der Waals surface area contributed by atoms with Gasteiger partial charge in [-0.05, 0) is 56.9 Å². The number of para-hydroxylation sites is 1. The van der Waals surface area contributed by atoms with Crippen LogP contribution in [0.4, 0.5) is 0 Å². The van der Waals surface area contributed by atoms with E-state index in [0.29, 0.717) is 18.2 Å². The van der Waals surface area contributed by atoms with Gasteiger partial charge in [0.25, 0.3) is 0 Å². The molecule has 22 heavy (non-hydrogen) atoms. The molecule has 5 nitrogen and oxygen atoms in total. The van der Waals surface area contributed by atoms with Crippen LogP contribution in [-0.2, 0) is 10.0 Å². The fourth-order valence-corrected chi connectivity index (χ4v) is 4.16. The molecule has 124 valence electrons. The molecule has 0 saturated carbocycles. The van der Waals surface area contributed by atoms with Gasteiger partial charge in [-0.1, -0.05) is 19.1 Å². The highest BCUT2D eigenvalue weighted by Gasteiger charge is 2.23. The van der Waals surface area contributed by atoms with Crippen LogP contribution in [0.1, 0.15) is 26.2 Å². The van der Waals surface area contributed by atoms with Crippen molar-refractivity contribution in [1.29, 1.82) is 0 Å². The Bertz CT molecular complexity index is 567. The first-order valence-corrected chi connectivity index (χ1v) is 9.40. The normalized spacial score (nSPS) is 17.5. The molecular weight excluding hydrogens is 300 g/mol. The summed E-state index contributed by atoms with van der Waals surface area (Å²) in [4.78, 5) is 2.66. The first-order valence-electron chi connectivity index (χ1n) is 7.92. The zero-order chi connectivity index (χ0) is 16.0. The summed E-state index contributed by atoms with van der Waals surface area (Å²) in [6.45, 7) is 5.96. The van der Waals surface area contributed by atoms with Gasteiger partial charge in [0, 0.05) is 6.54 Å². The largest absolute Gasteiger partial charge is 0.495 e. The summed E-state index contributed by atoms with van der Waals surface area (Å²) in [6, 6.07) is 6.71. The van der Waals surface area contributed by atoms with Gasteiger partial charge in [0.05, 0.1) is 7.11 Å². The third-order valence-electron chi connectivity index (χ3n) is 4.17. The minimum Gasteiger partial charge on any atom is -0.495 e. The molecule has 0 aromatic heterocycles. The van der Waals surface area contributed by atoms with E-state index in [1.165, 1.54) is 13.5 Å². The summed E-state index contributed by atoms with van der Waals surface area (Å²) in [6.07, 6.45) is 3.27. The maximum absolute atomic E-state index is 12.4. The first-order chi connectivity index (χ1) is 10.6. The standard InChI is InChI=1S/C16H26N2O3S/c1-3-10-18-11-8-14(9-12-18)13-17-22(19,20)16-7-5-4-6-15(16)21-2/h4-7,14,17H,3,8-13H2,1-2H3. The number of sulfonamides is 1. The zero-order valence-corrected chi connectivity index (χ0v) is 14.2. The molecule has 0 bridgehead atoms. The molecule has 1 fully saturated rings. The molecule has 0 spiro atoms. The molecule has 1 saturated heterocycles. The van der Waals surface area contributed by atoms with Crippen LogP contribution in [0.25, 0.3) is 0 Å². The molecule has 1 N–H and O–H groups in total. The number of piperidine rings is 1. The first kappa shape index (κ1) is 17.2. The topological polar surface area (TPSA) is 58.6 Å². The molecule has 1 aliphatic heterocycles. The van der Waals surface area contributed by atoms with Crippen LogP contribution in [0.2, 0.25) is 0 Å². The van der Waals surface area contributed by atoms with Crippen molar-refractivity contribution < 1.29 is 13.2 Å². The SMILES string of the molecule is CCCN1CCC(CNS(=O)(=O)c2ccccc2OC)CC1. The van der Waals surface area contributed by atoms with Gasteiger partial charge in [-0.15, -0.1) is 0 Å². The summed E-state index contributed by atoms with van der Waals surface area (Å²) in [5, 5.41) is 0. The summed E-state index contributed by atoms with van der Waals surface area (Å²) in [5.74, 6) is 0.797. The number of likely N-dealkylation sites (tertiary alicyclic amines) is 1. The number of nitrogens with zero attached hydrogens (tertiary/aromatic N) is 1. The number of benzene rings is 1. The van der Waals surface area contributed by atoms with Crippen molar-refractivity contribution in [2.45, 2.75) is 31.1 Å². The molecule has 1 aliphatic rings. The van der Waals surface area contributed by atoms with Gasteiger partial charge in [-0.3, -0.25) is 0 Å². The maximum atomic E-state index is 12.4. The Morgan fingerprint density at radius 2 is 1.95 bits per heavy atom. The molecule has 1 aromatic carbocycles. The lowest BCUT2D eigenvalue weighted by atomic mass is 9.97. The highest BCUT2D eigenvalue weighted by Crippen LogP contribution is 2.23. The third kappa shape index (κ3) is 4.44. The Kier molecular flexibility index (Phi) is 6.23. The van der Waals surface area contributed by atoms with E-state index < -0.39 is 10.0 Å². The van der Waals surface area contributed by atoms with Crippen molar-refractivity contribution in [2.24, 2.45) is 5.92 Å². The van der Waals surface area contributed by atoms with Crippen molar-refractivity contribution >= 4 is 10.0 Å². The molecule has 2 rings (SSSR count). The molecule has 0 unspecified atom stereocenters. The van der Waals surface area contributed by atoms with Crippen LogP contribution in [0.15, 0.2) is 29.2 Å². The average molecular weight is 326 g/mol. The molecular formula is C16H26N2O3S. The molecule has 0 atom stereocenters. The van der Waals surface area contributed by atoms with Gasteiger partial charge in [0.2, 0.25) is 10.0 Å². The average Bonchev–Trinajstić information content (AvgIpc) is 2.54. The molecule has 1 aromatic rings. The second-order valence-electron chi connectivity index (χ2n) is 5.79. The summed E-state index contributed by atoms with van der Waals surface area (Å²) in [5.41, 5.74) is 0. The van der Waals surface area contributed by atoms with E-state index >= 15 is 0 Å². The highest BCUT2D eigenvalue weighted by atomic mass is 32.2. The van der Waals surface area contributed by atoms with Gasteiger partial charge < -0.3 is 9.64 Å². The van der Waals surface area contributed by atoms with Gasteiger partial charge >= 0.3 is 0 Å². The Morgan fingerprint density at radius 1 is 1.27 bits per heavy atom. The third-order valence-corrected chi connectivity index (χ3v) is 5.63. The number of rotatable bonds is 7. The molecule has 6 heteroatoms. The van der Waals surface area contributed by atoms with Crippen LogP contribution < -0.4 is 9.46 Å².